The molecule has 0 radical (unpaired) electrons. The van der Waals surface area contributed by atoms with Crippen molar-refractivity contribution < 1.29 is 34.1 Å². The number of carbonyl (C=O) groups is 4. The van der Waals surface area contributed by atoms with Crippen LogP contribution in [0.5, 0.6) is 0 Å². The Kier molecular flexibility index (Phi) is 10.2. The van der Waals surface area contributed by atoms with E-state index in [1.54, 1.807) is 6.07 Å². The Balaban J connectivity index is 1.48. The number of ether oxygens (including phenoxy) is 1. The number of carboxylic acids is 1. The van der Waals surface area contributed by atoms with Gasteiger partial charge < -0.3 is 30.1 Å². The number of benzene rings is 1. The molecule has 1 aromatic heterocycles. The van der Waals surface area contributed by atoms with Crippen LogP contribution in [-0.4, -0.2) is 99.3 Å². The monoisotopic (exact) mass is 567 g/mol. The predicted molar refractivity (Wildman–Crippen MR) is 148 cm³/mol. The van der Waals surface area contributed by atoms with Gasteiger partial charge in [0.05, 0.1) is 6.61 Å². The van der Waals surface area contributed by atoms with Gasteiger partial charge in [0.1, 0.15) is 11.7 Å². The molecule has 1 aliphatic carbocycles. The average molecular weight is 568 g/mol. The lowest BCUT2D eigenvalue weighted by atomic mass is 10.1. The van der Waals surface area contributed by atoms with E-state index in [4.69, 9.17) is 4.74 Å². The topological polar surface area (TPSA) is 162 Å². The number of carboxylic acid groups (broad SMARTS) is 1. The second kappa shape index (κ2) is 14.0. The first kappa shape index (κ1) is 29.9. The zero-order chi connectivity index (χ0) is 29.4. The Labute approximate surface area is 238 Å². The quantitative estimate of drug-likeness (QED) is 0.327. The van der Waals surface area contributed by atoms with E-state index < -0.39 is 29.9 Å². The highest BCUT2D eigenvalue weighted by Gasteiger charge is 2.40. The maximum absolute atomic E-state index is 13.4. The summed E-state index contributed by atoms with van der Waals surface area (Å²) in [5.74, 6) is -1.70. The van der Waals surface area contributed by atoms with E-state index in [0.29, 0.717) is 23.7 Å². The lowest BCUT2D eigenvalue weighted by Crippen LogP contribution is -2.56. The van der Waals surface area contributed by atoms with Crippen LogP contribution < -0.4 is 5.32 Å². The molecule has 3 amide bonds. The van der Waals surface area contributed by atoms with Crippen molar-refractivity contribution >= 4 is 23.9 Å². The van der Waals surface area contributed by atoms with Crippen LogP contribution in [0.25, 0.3) is 11.4 Å². The molecular formula is C29H37N5O7. The molecule has 41 heavy (non-hydrogen) atoms. The minimum absolute atomic E-state index is 0.00594. The fourth-order valence-electron chi connectivity index (χ4n) is 4.78. The highest BCUT2D eigenvalue weighted by molar-refractivity contribution is 5.96. The first-order valence-corrected chi connectivity index (χ1v) is 14.1. The fraction of sp³-hybridized carbons (Fsp3) is 0.517. The molecule has 1 aliphatic heterocycles. The van der Waals surface area contributed by atoms with Crippen molar-refractivity contribution in [3.05, 3.63) is 47.8 Å². The Morgan fingerprint density at radius 3 is 2.41 bits per heavy atom. The van der Waals surface area contributed by atoms with Crippen LogP contribution in [0.2, 0.25) is 0 Å². The van der Waals surface area contributed by atoms with Gasteiger partial charge in [-0.3, -0.25) is 14.4 Å². The molecular weight excluding hydrogens is 530 g/mol. The average Bonchev–Trinajstić information content (AvgIpc) is 3.79. The summed E-state index contributed by atoms with van der Waals surface area (Å²) in [6.07, 6.45) is 1.60. The normalized spacial score (nSPS) is 18.9. The second-order valence-electron chi connectivity index (χ2n) is 10.4. The third-order valence-corrected chi connectivity index (χ3v) is 7.37. The van der Waals surface area contributed by atoms with Crippen molar-refractivity contribution in [3.8, 4) is 11.4 Å². The minimum Gasteiger partial charge on any atom is -0.481 e. The number of hydrogen-bond donors (Lipinski definition) is 3. The van der Waals surface area contributed by atoms with E-state index in [1.165, 1.54) is 9.80 Å². The predicted octanol–water partition coefficient (Wildman–Crippen LogP) is 2.28. The molecule has 2 fully saturated rings. The molecule has 0 spiro atoms. The van der Waals surface area contributed by atoms with Crippen LogP contribution in [0, 0.1) is 5.92 Å². The molecule has 1 saturated carbocycles. The molecule has 0 bridgehead atoms. The lowest BCUT2D eigenvalue weighted by Gasteiger charge is -2.36. The fourth-order valence-corrected chi connectivity index (χ4v) is 4.78. The lowest BCUT2D eigenvalue weighted by molar-refractivity contribution is -0.138. The molecule has 2 aliphatic rings. The largest absolute Gasteiger partial charge is 0.481 e. The Bertz CT molecular complexity index is 1230. The third kappa shape index (κ3) is 8.00. The van der Waals surface area contributed by atoms with Gasteiger partial charge in [0, 0.05) is 56.4 Å². The number of aromatic nitrogens is 2. The molecule has 3 N–H and O–H groups in total. The number of unbranched alkanes of at least 4 members (excludes halogenated alkanes) is 1. The van der Waals surface area contributed by atoms with E-state index in [1.807, 2.05) is 37.3 Å². The molecule has 2 aromatic rings. The van der Waals surface area contributed by atoms with E-state index >= 15 is 0 Å². The first-order chi connectivity index (χ1) is 19.8. The van der Waals surface area contributed by atoms with Gasteiger partial charge in [-0.05, 0) is 31.2 Å². The minimum atomic E-state index is -1.09. The number of hydrogen-bond acceptors (Lipinski definition) is 8. The molecule has 1 aromatic carbocycles. The number of aliphatic carboxylic acids is 1. The first-order valence-electron chi connectivity index (χ1n) is 14.1. The Morgan fingerprint density at radius 1 is 1.07 bits per heavy atom. The van der Waals surface area contributed by atoms with Gasteiger partial charge in [-0.25, -0.2) is 14.8 Å². The third-order valence-electron chi connectivity index (χ3n) is 7.37. The van der Waals surface area contributed by atoms with E-state index in [0.717, 1.165) is 19.3 Å². The van der Waals surface area contributed by atoms with Crippen LogP contribution in [0.4, 0.5) is 4.79 Å². The molecule has 4 rings (SSSR count). The summed E-state index contributed by atoms with van der Waals surface area (Å²) in [6, 6.07) is 9.67. The smallest absolute Gasteiger partial charge is 0.409 e. The zero-order valence-corrected chi connectivity index (χ0v) is 23.2. The van der Waals surface area contributed by atoms with E-state index in [2.05, 4.69) is 15.3 Å². The molecule has 12 nitrogen and oxygen atoms in total. The van der Waals surface area contributed by atoms with Crippen LogP contribution in [0.3, 0.4) is 0 Å². The van der Waals surface area contributed by atoms with E-state index in [9.17, 15) is 29.4 Å². The van der Waals surface area contributed by atoms with Gasteiger partial charge in [0.15, 0.2) is 5.82 Å². The van der Waals surface area contributed by atoms with Crippen molar-refractivity contribution in [1.82, 2.24) is 25.1 Å². The Hall–Kier alpha value is -4.06. The molecule has 1 saturated heterocycles. The standard InChI is InChI=1S/C29H37N5O7/c1-2-3-15-41-29(40)34-13-11-33(12-14-34)28(39)22(9-10-25(36)37)32-27(38)24-17-23(21-16-20(21)18-35)30-26(31-24)19-7-5-4-6-8-19/h4-8,17,20-22,35H,2-3,9-16,18H2,1H3,(H,32,38)(H,36,37)/t20-,21+,22+/m1/s1. The summed E-state index contributed by atoms with van der Waals surface area (Å²) < 4.78 is 5.25. The van der Waals surface area contributed by atoms with Crippen LogP contribution in [0.15, 0.2) is 36.4 Å². The van der Waals surface area contributed by atoms with Crippen molar-refractivity contribution in [2.75, 3.05) is 39.4 Å². The highest BCUT2D eigenvalue weighted by atomic mass is 16.6. The molecule has 220 valence electrons. The summed E-state index contributed by atoms with van der Waals surface area (Å²) in [5, 5.41) is 21.5. The van der Waals surface area contributed by atoms with Gasteiger partial charge in [0.25, 0.3) is 5.91 Å². The molecule has 3 atom stereocenters. The van der Waals surface area contributed by atoms with Gasteiger partial charge in [0.2, 0.25) is 5.91 Å². The summed E-state index contributed by atoms with van der Waals surface area (Å²) in [5.41, 5.74) is 1.41. The van der Waals surface area contributed by atoms with Crippen LogP contribution in [-0.2, 0) is 14.3 Å². The number of aliphatic hydroxyl groups is 1. The van der Waals surface area contributed by atoms with Crippen molar-refractivity contribution in [3.63, 3.8) is 0 Å². The number of aliphatic hydroxyl groups excluding tert-OH is 1. The van der Waals surface area contributed by atoms with Gasteiger partial charge in [-0.15, -0.1) is 0 Å². The Morgan fingerprint density at radius 2 is 1.78 bits per heavy atom. The number of piperazine rings is 1. The van der Waals surface area contributed by atoms with Crippen molar-refractivity contribution in [1.29, 1.82) is 0 Å². The SMILES string of the molecule is CCCCOC(=O)N1CCN(C(=O)[C@H](CCC(=O)O)NC(=O)c2cc([C@H]3C[C@@H]3CO)nc(-c3ccccc3)n2)CC1. The maximum Gasteiger partial charge on any atom is 0.409 e. The molecule has 2 heterocycles. The van der Waals surface area contributed by atoms with Crippen molar-refractivity contribution in [2.45, 2.75) is 51.0 Å². The second-order valence-corrected chi connectivity index (χ2v) is 10.4. The van der Waals surface area contributed by atoms with Crippen molar-refractivity contribution in [2.24, 2.45) is 5.92 Å². The van der Waals surface area contributed by atoms with Crippen LogP contribution >= 0.6 is 0 Å². The van der Waals surface area contributed by atoms with Gasteiger partial charge in [-0.2, -0.15) is 0 Å². The maximum atomic E-state index is 13.4. The molecule has 12 heteroatoms. The van der Waals surface area contributed by atoms with Crippen LogP contribution in [0.1, 0.15) is 61.1 Å². The summed E-state index contributed by atoms with van der Waals surface area (Å²) in [4.78, 5) is 62.7. The molecule has 0 unspecified atom stereocenters. The van der Waals surface area contributed by atoms with Gasteiger partial charge >= 0.3 is 12.1 Å². The summed E-state index contributed by atoms with van der Waals surface area (Å²) in [6.45, 7) is 3.40. The number of carbonyl (C=O) groups excluding carboxylic acids is 3. The highest BCUT2D eigenvalue weighted by Crippen LogP contribution is 2.46. The summed E-state index contributed by atoms with van der Waals surface area (Å²) in [7, 11) is 0. The number of nitrogens with one attached hydrogen (secondary N) is 1. The van der Waals surface area contributed by atoms with E-state index in [-0.39, 0.29) is 63.2 Å². The van der Waals surface area contributed by atoms with Gasteiger partial charge in [-0.1, -0.05) is 43.7 Å². The number of amides is 3. The zero-order valence-electron chi connectivity index (χ0n) is 23.2. The number of nitrogens with zero attached hydrogens (tertiary/aromatic N) is 4. The number of rotatable bonds is 12. The summed E-state index contributed by atoms with van der Waals surface area (Å²) >= 11 is 0.